The Morgan fingerprint density at radius 2 is 1.60 bits per heavy atom. The third-order valence-corrected chi connectivity index (χ3v) is 5.08. The van der Waals surface area contributed by atoms with Crippen LogP contribution >= 0.6 is 0 Å². The van der Waals surface area contributed by atoms with E-state index >= 15 is 0 Å². The van der Waals surface area contributed by atoms with E-state index in [1.165, 1.54) is 25.0 Å². The van der Waals surface area contributed by atoms with Crippen LogP contribution in [0.1, 0.15) is 36.8 Å². The van der Waals surface area contributed by atoms with Crippen molar-refractivity contribution in [3.05, 3.63) is 47.5 Å². The largest absolute Gasteiger partial charge is 0.478 e. The van der Waals surface area contributed by atoms with Gasteiger partial charge in [0, 0.05) is 31.3 Å². The number of carboxylic acid groups (broad SMARTS) is 2. The number of carboxylic acids is 2. The van der Waals surface area contributed by atoms with Crippen molar-refractivity contribution in [3.8, 4) is 0 Å². The van der Waals surface area contributed by atoms with Crippen molar-refractivity contribution in [1.82, 2.24) is 10.2 Å². The van der Waals surface area contributed by atoms with E-state index in [0.717, 1.165) is 32.5 Å². The minimum absolute atomic E-state index is 0.406. The molecule has 2 aliphatic rings. The summed E-state index contributed by atoms with van der Waals surface area (Å²) in [5, 5.41) is 19.0. The number of nitrogens with zero attached hydrogens (tertiary/aromatic N) is 1. The molecule has 0 bridgehead atoms. The number of rotatable bonds is 7. The lowest BCUT2D eigenvalue weighted by molar-refractivity contribution is -0.138. The van der Waals surface area contributed by atoms with Crippen LogP contribution in [0.3, 0.4) is 0 Å². The van der Waals surface area contributed by atoms with Gasteiger partial charge in [0.1, 0.15) is 0 Å². The van der Waals surface area contributed by atoms with Gasteiger partial charge in [-0.2, -0.15) is 13.2 Å². The lowest BCUT2D eigenvalue weighted by Gasteiger charge is -2.35. The number of halogens is 3. The molecular weight excluding hydrogens is 401 g/mol. The summed E-state index contributed by atoms with van der Waals surface area (Å²) in [6, 6.07) is 6.42. The zero-order valence-corrected chi connectivity index (χ0v) is 16.6. The molecule has 1 heterocycles. The fourth-order valence-electron chi connectivity index (χ4n) is 3.44. The van der Waals surface area contributed by atoms with Crippen molar-refractivity contribution in [2.45, 2.75) is 44.4 Å². The molecule has 1 saturated heterocycles. The van der Waals surface area contributed by atoms with Gasteiger partial charge in [0.2, 0.25) is 0 Å². The molecule has 0 atom stereocenters. The molecule has 0 unspecified atom stereocenters. The highest BCUT2D eigenvalue weighted by Crippen LogP contribution is 2.35. The lowest BCUT2D eigenvalue weighted by atomic mass is 10.0. The fraction of sp³-hybridized carbons (Fsp3) is 0.524. The SMILES string of the molecule is FC(F)(F)c1ccccc1CN(CC1CC1)C1CCNCC1.O=C(O)/C=C/C(=O)O. The molecule has 0 spiro atoms. The summed E-state index contributed by atoms with van der Waals surface area (Å²) in [6.45, 7) is 3.28. The number of aliphatic carboxylic acids is 2. The predicted octanol–water partition coefficient (Wildman–Crippen LogP) is 3.38. The Labute approximate surface area is 173 Å². The Morgan fingerprint density at radius 3 is 2.10 bits per heavy atom. The van der Waals surface area contributed by atoms with E-state index in [-0.39, 0.29) is 0 Å². The molecule has 3 N–H and O–H groups in total. The van der Waals surface area contributed by atoms with Gasteiger partial charge in [-0.25, -0.2) is 9.59 Å². The van der Waals surface area contributed by atoms with Crippen molar-refractivity contribution in [3.63, 3.8) is 0 Å². The van der Waals surface area contributed by atoms with Crippen LogP contribution in [0.15, 0.2) is 36.4 Å². The average molecular weight is 428 g/mol. The lowest BCUT2D eigenvalue weighted by Crippen LogP contribution is -2.43. The van der Waals surface area contributed by atoms with E-state index < -0.39 is 23.7 Å². The van der Waals surface area contributed by atoms with Crippen LogP contribution in [0.25, 0.3) is 0 Å². The molecule has 1 aliphatic carbocycles. The van der Waals surface area contributed by atoms with Gasteiger partial charge >= 0.3 is 18.1 Å². The van der Waals surface area contributed by atoms with Crippen molar-refractivity contribution >= 4 is 11.9 Å². The van der Waals surface area contributed by atoms with Gasteiger partial charge in [0.05, 0.1) is 5.56 Å². The summed E-state index contributed by atoms with van der Waals surface area (Å²) in [6.07, 6.45) is 1.35. The summed E-state index contributed by atoms with van der Waals surface area (Å²) < 4.78 is 39.6. The molecule has 166 valence electrons. The first-order valence-electron chi connectivity index (χ1n) is 9.90. The molecule has 1 aromatic rings. The Balaban J connectivity index is 0.000000343. The first kappa shape index (κ1) is 23.9. The van der Waals surface area contributed by atoms with Crippen molar-refractivity contribution in [1.29, 1.82) is 0 Å². The summed E-state index contributed by atoms with van der Waals surface area (Å²) in [5.41, 5.74) is -0.0704. The van der Waals surface area contributed by atoms with Gasteiger partial charge in [-0.05, 0) is 56.3 Å². The zero-order valence-electron chi connectivity index (χ0n) is 16.6. The molecule has 2 fully saturated rings. The van der Waals surface area contributed by atoms with Gasteiger partial charge in [0.25, 0.3) is 0 Å². The smallest absolute Gasteiger partial charge is 0.416 e. The highest BCUT2D eigenvalue weighted by molar-refractivity contribution is 5.89. The van der Waals surface area contributed by atoms with E-state index in [1.54, 1.807) is 12.1 Å². The van der Waals surface area contributed by atoms with Crippen molar-refractivity contribution < 1.29 is 33.0 Å². The van der Waals surface area contributed by atoms with E-state index in [0.29, 0.717) is 36.2 Å². The summed E-state index contributed by atoms with van der Waals surface area (Å²) >= 11 is 0. The molecule has 1 aromatic carbocycles. The highest BCUT2D eigenvalue weighted by Gasteiger charge is 2.35. The Bertz CT molecular complexity index is 726. The number of alkyl halides is 3. The molecule has 9 heteroatoms. The Morgan fingerprint density at radius 1 is 1.03 bits per heavy atom. The van der Waals surface area contributed by atoms with E-state index in [9.17, 15) is 22.8 Å². The van der Waals surface area contributed by atoms with Gasteiger partial charge in [-0.1, -0.05) is 18.2 Å². The maximum Gasteiger partial charge on any atom is 0.416 e. The molecule has 1 saturated carbocycles. The van der Waals surface area contributed by atoms with Gasteiger partial charge in [-0.15, -0.1) is 0 Å². The standard InChI is InChI=1S/C17H23F3N2.C4H4O4/c18-17(19,20)16-4-2-1-3-14(16)12-22(11-13-5-6-13)15-7-9-21-10-8-15;5-3(6)1-2-4(7)8/h1-4,13,15,21H,5-12H2;1-2H,(H,5,6)(H,7,8)/b;2-1+. The van der Waals surface area contributed by atoms with Gasteiger partial charge < -0.3 is 15.5 Å². The van der Waals surface area contributed by atoms with Crippen LogP contribution in [0, 0.1) is 5.92 Å². The minimum atomic E-state index is -4.27. The molecule has 3 rings (SSSR count). The average Bonchev–Trinajstić information content (AvgIpc) is 3.51. The number of carbonyl (C=O) groups is 2. The first-order chi connectivity index (χ1) is 14.2. The van der Waals surface area contributed by atoms with Crippen LogP contribution in [0.5, 0.6) is 0 Å². The van der Waals surface area contributed by atoms with E-state index in [1.807, 2.05) is 0 Å². The van der Waals surface area contributed by atoms with Crippen molar-refractivity contribution in [2.75, 3.05) is 19.6 Å². The minimum Gasteiger partial charge on any atom is -0.478 e. The highest BCUT2D eigenvalue weighted by atomic mass is 19.4. The summed E-state index contributed by atoms with van der Waals surface area (Å²) in [5.74, 6) is -1.83. The second-order valence-electron chi connectivity index (χ2n) is 7.52. The second kappa shape index (κ2) is 11.1. The predicted molar refractivity (Wildman–Crippen MR) is 105 cm³/mol. The van der Waals surface area contributed by atoms with E-state index in [4.69, 9.17) is 10.2 Å². The number of hydrogen-bond donors (Lipinski definition) is 3. The van der Waals surface area contributed by atoms with Crippen LogP contribution < -0.4 is 5.32 Å². The second-order valence-corrected chi connectivity index (χ2v) is 7.52. The molecule has 0 amide bonds. The van der Waals surface area contributed by atoms with Crippen LogP contribution in [-0.2, 0) is 22.3 Å². The van der Waals surface area contributed by atoms with Gasteiger partial charge in [-0.3, -0.25) is 4.90 Å². The molecule has 30 heavy (non-hydrogen) atoms. The maximum atomic E-state index is 13.2. The van der Waals surface area contributed by atoms with Crippen LogP contribution in [0.4, 0.5) is 13.2 Å². The van der Waals surface area contributed by atoms with Crippen molar-refractivity contribution in [2.24, 2.45) is 5.92 Å². The molecular formula is C21H27F3N2O4. The maximum absolute atomic E-state index is 13.2. The summed E-state index contributed by atoms with van der Waals surface area (Å²) in [4.78, 5) is 21.4. The Hall–Kier alpha value is -2.39. The summed E-state index contributed by atoms with van der Waals surface area (Å²) in [7, 11) is 0. The number of hydrogen-bond acceptors (Lipinski definition) is 4. The van der Waals surface area contributed by atoms with E-state index in [2.05, 4.69) is 10.2 Å². The number of piperidine rings is 1. The van der Waals surface area contributed by atoms with Gasteiger partial charge in [0.15, 0.2) is 0 Å². The molecule has 0 radical (unpaired) electrons. The third-order valence-electron chi connectivity index (χ3n) is 5.08. The third kappa shape index (κ3) is 8.54. The van der Waals surface area contributed by atoms with Crippen LogP contribution in [0.2, 0.25) is 0 Å². The number of benzene rings is 1. The molecule has 0 aromatic heterocycles. The van der Waals surface area contributed by atoms with Crippen LogP contribution in [-0.4, -0.2) is 52.7 Å². The Kier molecular flexibility index (Phi) is 8.86. The first-order valence-corrected chi connectivity index (χ1v) is 9.90. The quantitative estimate of drug-likeness (QED) is 0.577. The fourth-order valence-corrected chi connectivity index (χ4v) is 3.44. The topological polar surface area (TPSA) is 89.9 Å². The molecule has 6 nitrogen and oxygen atoms in total. The number of nitrogens with one attached hydrogen (secondary N) is 1. The monoisotopic (exact) mass is 428 g/mol. The zero-order chi connectivity index (χ0) is 22.1. The normalized spacial score (nSPS) is 17.6. The molecule has 1 aliphatic heterocycles.